The van der Waals surface area contributed by atoms with E-state index < -0.39 is 0 Å². The average Bonchev–Trinajstić information content (AvgIpc) is 2.43. The summed E-state index contributed by atoms with van der Waals surface area (Å²) in [7, 11) is 0. The first-order valence-electron chi connectivity index (χ1n) is 7.99. The van der Waals surface area contributed by atoms with E-state index in [4.69, 9.17) is 0 Å². The predicted molar refractivity (Wildman–Crippen MR) is 87.1 cm³/mol. The predicted octanol–water partition coefficient (Wildman–Crippen LogP) is 4.09. The monoisotopic (exact) mass is 277 g/mol. The van der Waals surface area contributed by atoms with Gasteiger partial charge in [-0.2, -0.15) is 0 Å². The van der Waals surface area contributed by atoms with Crippen LogP contribution in [0.5, 0.6) is 0 Å². The molecule has 0 saturated carbocycles. The summed E-state index contributed by atoms with van der Waals surface area (Å²) in [6.07, 6.45) is 2.05. The van der Waals surface area contributed by atoms with Gasteiger partial charge in [0.15, 0.2) is 0 Å². The van der Waals surface area contributed by atoms with Crippen LogP contribution in [-0.2, 0) is 0 Å². The van der Waals surface area contributed by atoms with Crippen LogP contribution in [0.2, 0.25) is 0 Å². The first-order valence-corrected chi connectivity index (χ1v) is 7.99. The molecule has 0 amide bonds. The zero-order valence-electron chi connectivity index (χ0n) is 13.8. The summed E-state index contributed by atoms with van der Waals surface area (Å²) < 4.78 is 0. The summed E-state index contributed by atoms with van der Waals surface area (Å²) in [5, 5.41) is 10.5. The first kappa shape index (κ1) is 17.2. The zero-order valence-corrected chi connectivity index (χ0v) is 13.8. The second-order valence-electron chi connectivity index (χ2n) is 5.91. The standard InChI is InChI=1S/C18H31NO/c1-6-16(7-2)12-19(8-3)13-18(20)17-10-9-14(4)11-15(17)5/h9-11,16,18,20H,6-8,12-13H2,1-5H3. The van der Waals surface area contributed by atoms with E-state index in [9.17, 15) is 5.11 Å². The van der Waals surface area contributed by atoms with Crippen LogP contribution in [0.25, 0.3) is 0 Å². The van der Waals surface area contributed by atoms with Crippen LogP contribution in [0.3, 0.4) is 0 Å². The molecule has 0 aliphatic heterocycles. The van der Waals surface area contributed by atoms with E-state index in [-0.39, 0.29) is 6.10 Å². The molecule has 0 bridgehead atoms. The minimum absolute atomic E-state index is 0.384. The van der Waals surface area contributed by atoms with Crippen molar-refractivity contribution in [1.29, 1.82) is 0 Å². The second-order valence-corrected chi connectivity index (χ2v) is 5.91. The summed E-state index contributed by atoms with van der Waals surface area (Å²) in [5.74, 6) is 0.737. The number of hydrogen-bond acceptors (Lipinski definition) is 2. The highest BCUT2D eigenvalue weighted by atomic mass is 16.3. The molecule has 0 fully saturated rings. The summed E-state index contributed by atoms with van der Waals surface area (Å²) in [6.45, 7) is 13.7. The molecule has 2 nitrogen and oxygen atoms in total. The van der Waals surface area contributed by atoms with E-state index in [0.717, 1.165) is 31.1 Å². The number of aryl methyl sites for hydroxylation is 2. The molecule has 1 N–H and O–H groups in total. The molecule has 1 aromatic rings. The third-order valence-corrected chi connectivity index (χ3v) is 4.33. The number of rotatable bonds is 8. The molecule has 0 aliphatic carbocycles. The summed E-state index contributed by atoms with van der Waals surface area (Å²) in [4.78, 5) is 2.38. The molecule has 0 aliphatic rings. The van der Waals surface area contributed by atoms with E-state index in [1.165, 1.54) is 24.0 Å². The van der Waals surface area contributed by atoms with Crippen molar-refractivity contribution < 1.29 is 5.11 Å². The molecule has 0 radical (unpaired) electrons. The molecule has 0 spiro atoms. The van der Waals surface area contributed by atoms with Crippen LogP contribution < -0.4 is 0 Å². The Kier molecular flexibility index (Phi) is 7.25. The van der Waals surface area contributed by atoms with Crippen molar-refractivity contribution >= 4 is 0 Å². The van der Waals surface area contributed by atoms with Crippen LogP contribution in [-0.4, -0.2) is 29.6 Å². The Morgan fingerprint density at radius 2 is 1.70 bits per heavy atom. The third-order valence-electron chi connectivity index (χ3n) is 4.33. The Labute approximate surface area is 124 Å². The van der Waals surface area contributed by atoms with Crippen LogP contribution >= 0.6 is 0 Å². The normalized spacial score (nSPS) is 13.2. The van der Waals surface area contributed by atoms with Gasteiger partial charge in [-0.3, -0.25) is 0 Å². The minimum atomic E-state index is -0.384. The van der Waals surface area contributed by atoms with E-state index in [0.29, 0.717) is 0 Å². The topological polar surface area (TPSA) is 23.5 Å². The average molecular weight is 277 g/mol. The molecule has 0 heterocycles. The SMILES string of the molecule is CCC(CC)CN(CC)CC(O)c1ccc(C)cc1C. The quantitative estimate of drug-likeness (QED) is 0.773. The second kappa shape index (κ2) is 8.43. The van der Waals surface area contributed by atoms with Crippen LogP contribution in [0, 0.1) is 19.8 Å². The molecule has 1 atom stereocenters. The molecule has 1 rings (SSSR count). The molecule has 114 valence electrons. The van der Waals surface area contributed by atoms with Gasteiger partial charge in [-0.15, -0.1) is 0 Å². The highest BCUT2D eigenvalue weighted by molar-refractivity contribution is 5.32. The fourth-order valence-electron chi connectivity index (χ4n) is 2.79. The molecule has 0 aromatic heterocycles. The van der Waals surface area contributed by atoms with Crippen molar-refractivity contribution in [3.63, 3.8) is 0 Å². The zero-order chi connectivity index (χ0) is 15.1. The molecule has 1 aromatic carbocycles. The number of hydrogen-bond donors (Lipinski definition) is 1. The van der Waals surface area contributed by atoms with Crippen LogP contribution in [0.4, 0.5) is 0 Å². The van der Waals surface area contributed by atoms with Crippen molar-refractivity contribution in [2.75, 3.05) is 19.6 Å². The Bertz CT molecular complexity index is 398. The summed E-state index contributed by atoms with van der Waals surface area (Å²) >= 11 is 0. The largest absolute Gasteiger partial charge is 0.387 e. The molecule has 20 heavy (non-hydrogen) atoms. The smallest absolute Gasteiger partial charge is 0.0919 e. The lowest BCUT2D eigenvalue weighted by atomic mass is 9.99. The highest BCUT2D eigenvalue weighted by Gasteiger charge is 2.16. The fraction of sp³-hybridized carbons (Fsp3) is 0.667. The van der Waals surface area contributed by atoms with Gasteiger partial charge in [0.05, 0.1) is 6.10 Å². The molecular formula is C18H31NO. The van der Waals surface area contributed by atoms with Crippen molar-refractivity contribution in [3.05, 3.63) is 34.9 Å². The number of benzene rings is 1. The maximum Gasteiger partial charge on any atom is 0.0919 e. The third kappa shape index (κ3) is 4.92. The van der Waals surface area contributed by atoms with Crippen LogP contribution in [0.1, 0.15) is 56.4 Å². The maximum absolute atomic E-state index is 10.5. The van der Waals surface area contributed by atoms with Gasteiger partial charge in [0, 0.05) is 13.1 Å². The molecule has 0 saturated heterocycles. The number of nitrogens with zero attached hydrogens (tertiary/aromatic N) is 1. The number of aliphatic hydroxyl groups is 1. The Morgan fingerprint density at radius 3 is 2.20 bits per heavy atom. The number of likely N-dealkylation sites (N-methyl/N-ethyl adjacent to an activating group) is 1. The number of aliphatic hydroxyl groups excluding tert-OH is 1. The van der Waals surface area contributed by atoms with Crippen molar-refractivity contribution in [3.8, 4) is 0 Å². The van der Waals surface area contributed by atoms with E-state index in [1.807, 2.05) is 0 Å². The van der Waals surface area contributed by atoms with E-state index >= 15 is 0 Å². The van der Waals surface area contributed by atoms with E-state index in [2.05, 4.69) is 57.7 Å². The molecule has 1 unspecified atom stereocenters. The van der Waals surface area contributed by atoms with Crippen LogP contribution in [0.15, 0.2) is 18.2 Å². The van der Waals surface area contributed by atoms with Crippen molar-refractivity contribution in [2.45, 2.75) is 53.6 Å². The van der Waals surface area contributed by atoms with Crippen molar-refractivity contribution in [2.24, 2.45) is 5.92 Å². The molecular weight excluding hydrogens is 246 g/mol. The van der Waals surface area contributed by atoms with Gasteiger partial charge < -0.3 is 10.0 Å². The first-order chi connectivity index (χ1) is 9.51. The Hall–Kier alpha value is -0.860. The molecule has 2 heteroatoms. The van der Waals surface area contributed by atoms with Gasteiger partial charge in [0.2, 0.25) is 0 Å². The maximum atomic E-state index is 10.5. The lowest BCUT2D eigenvalue weighted by Crippen LogP contribution is -2.33. The van der Waals surface area contributed by atoms with Gasteiger partial charge in [0.25, 0.3) is 0 Å². The lowest BCUT2D eigenvalue weighted by molar-refractivity contribution is 0.104. The lowest BCUT2D eigenvalue weighted by Gasteiger charge is -2.28. The Morgan fingerprint density at radius 1 is 1.05 bits per heavy atom. The summed E-state index contributed by atoms with van der Waals surface area (Å²) in [6, 6.07) is 6.30. The Balaban J connectivity index is 2.69. The summed E-state index contributed by atoms with van der Waals surface area (Å²) in [5.41, 5.74) is 3.51. The van der Waals surface area contributed by atoms with Crippen molar-refractivity contribution in [1.82, 2.24) is 4.90 Å². The highest BCUT2D eigenvalue weighted by Crippen LogP contribution is 2.21. The van der Waals surface area contributed by atoms with Gasteiger partial charge in [-0.05, 0) is 37.4 Å². The van der Waals surface area contributed by atoms with Gasteiger partial charge in [-0.1, -0.05) is 57.4 Å². The van der Waals surface area contributed by atoms with Gasteiger partial charge >= 0.3 is 0 Å². The van der Waals surface area contributed by atoms with Gasteiger partial charge in [-0.25, -0.2) is 0 Å². The van der Waals surface area contributed by atoms with Gasteiger partial charge in [0.1, 0.15) is 0 Å². The minimum Gasteiger partial charge on any atom is -0.387 e. The fourth-order valence-corrected chi connectivity index (χ4v) is 2.79. The van der Waals surface area contributed by atoms with E-state index in [1.54, 1.807) is 0 Å².